The summed E-state index contributed by atoms with van der Waals surface area (Å²) < 4.78 is 0. The zero-order valence-corrected chi connectivity index (χ0v) is 12.6. The van der Waals surface area contributed by atoms with Crippen LogP contribution < -0.4 is 5.32 Å². The maximum Gasteiger partial charge on any atom is 0.315 e. The summed E-state index contributed by atoms with van der Waals surface area (Å²) in [5.41, 5.74) is 2.02. The van der Waals surface area contributed by atoms with Gasteiger partial charge in [-0.1, -0.05) is 29.8 Å². The standard InChI is InChI=1S/C15H18N2O2S/c1-10-5-4-6-11(7-10)8-16-14-17-12(9-20-14)15(2,3)13(18)19/h4-7,9H,8H2,1-3H3,(H,16,17)(H,18,19). The minimum Gasteiger partial charge on any atom is -0.481 e. The molecule has 0 saturated carbocycles. The molecule has 2 aromatic rings. The number of aliphatic carboxylic acids is 1. The van der Waals surface area contributed by atoms with Gasteiger partial charge in [-0.15, -0.1) is 11.3 Å². The van der Waals surface area contributed by atoms with Crippen LogP contribution in [0.15, 0.2) is 29.6 Å². The first kappa shape index (κ1) is 14.5. The van der Waals surface area contributed by atoms with Crippen molar-refractivity contribution in [2.45, 2.75) is 32.7 Å². The van der Waals surface area contributed by atoms with Crippen LogP contribution in [0.4, 0.5) is 5.13 Å². The van der Waals surface area contributed by atoms with Crippen LogP contribution in [-0.4, -0.2) is 16.1 Å². The van der Waals surface area contributed by atoms with E-state index in [4.69, 9.17) is 0 Å². The maximum atomic E-state index is 11.2. The largest absolute Gasteiger partial charge is 0.481 e. The van der Waals surface area contributed by atoms with Gasteiger partial charge in [0.1, 0.15) is 5.41 Å². The molecular weight excluding hydrogens is 272 g/mol. The quantitative estimate of drug-likeness (QED) is 0.885. The molecule has 1 aromatic carbocycles. The molecular formula is C15H18N2O2S. The number of hydrogen-bond donors (Lipinski definition) is 2. The molecule has 0 aliphatic heterocycles. The maximum absolute atomic E-state index is 11.2. The van der Waals surface area contributed by atoms with Crippen LogP contribution in [0.25, 0.3) is 0 Å². The topological polar surface area (TPSA) is 62.2 Å². The van der Waals surface area contributed by atoms with Gasteiger partial charge in [0.15, 0.2) is 5.13 Å². The van der Waals surface area contributed by atoms with E-state index in [-0.39, 0.29) is 0 Å². The van der Waals surface area contributed by atoms with Crippen molar-refractivity contribution in [1.29, 1.82) is 0 Å². The molecule has 2 rings (SSSR count). The molecule has 0 fully saturated rings. The molecule has 1 aromatic heterocycles. The number of thiazole rings is 1. The Labute approximate surface area is 122 Å². The van der Waals surface area contributed by atoms with E-state index in [1.54, 1.807) is 19.2 Å². The highest BCUT2D eigenvalue weighted by molar-refractivity contribution is 7.13. The number of nitrogens with zero attached hydrogens (tertiary/aromatic N) is 1. The predicted molar refractivity (Wildman–Crippen MR) is 81.3 cm³/mol. The van der Waals surface area contributed by atoms with Crippen LogP contribution in [0.1, 0.15) is 30.7 Å². The number of carboxylic acids is 1. The molecule has 0 aliphatic rings. The smallest absolute Gasteiger partial charge is 0.315 e. The van der Waals surface area contributed by atoms with Crippen molar-refractivity contribution in [3.63, 3.8) is 0 Å². The summed E-state index contributed by atoms with van der Waals surface area (Å²) in [6, 6.07) is 8.24. The number of benzene rings is 1. The summed E-state index contributed by atoms with van der Waals surface area (Å²) in [7, 11) is 0. The van der Waals surface area contributed by atoms with Gasteiger partial charge in [-0.3, -0.25) is 4.79 Å². The van der Waals surface area contributed by atoms with E-state index in [1.165, 1.54) is 22.5 Å². The Kier molecular flexibility index (Phi) is 4.09. The third kappa shape index (κ3) is 3.17. The van der Waals surface area contributed by atoms with Gasteiger partial charge >= 0.3 is 5.97 Å². The fraction of sp³-hybridized carbons (Fsp3) is 0.333. The van der Waals surface area contributed by atoms with Crippen molar-refractivity contribution >= 4 is 22.4 Å². The second-order valence-electron chi connectivity index (χ2n) is 5.31. The summed E-state index contributed by atoms with van der Waals surface area (Å²) in [4.78, 5) is 15.6. The first-order valence-corrected chi connectivity index (χ1v) is 7.26. The average molecular weight is 290 g/mol. The Hall–Kier alpha value is -1.88. The van der Waals surface area contributed by atoms with Crippen molar-refractivity contribution < 1.29 is 9.90 Å². The average Bonchev–Trinajstić information content (AvgIpc) is 2.85. The zero-order chi connectivity index (χ0) is 14.8. The minimum absolute atomic E-state index is 0.585. The fourth-order valence-electron chi connectivity index (χ4n) is 1.75. The van der Waals surface area contributed by atoms with Crippen molar-refractivity contribution in [1.82, 2.24) is 4.98 Å². The number of rotatable bonds is 5. The highest BCUT2D eigenvalue weighted by atomic mass is 32.1. The van der Waals surface area contributed by atoms with E-state index in [0.29, 0.717) is 12.2 Å². The number of anilines is 1. The summed E-state index contributed by atoms with van der Waals surface area (Å²) in [5.74, 6) is -0.868. The second kappa shape index (κ2) is 5.63. The Morgan fingerprint density at radius 3 is 2.85 bits per heavy atom. The molecule has 2 N–H and O–H groups in total. The lowest BCUT2D eigenvalue weighted by atomic mass is 9.90. The molecule has 20 heavy (non-hydrogen) atoms. The van der Waals surface area contributed by atoms with Gasteiger partial charge < -0.3 is 10.4 Å². The molecule has 0 amide bonds. The fourth-order valence-corrected chi connectivity index (χ4v) is 2.63. The third-order valence-corrected chi connectivity index (χ3v) is 4.01. The molecule has 0 saturated heterocycles. The van der Waals surface area contributed by atoms with Gasteiger partial charge in [0, 0.05) is 11.9 Å². The van der Waals surface area contributed by atoms with Crippen molar-refractivity contribution in [3.05, 3.63) is 46.5 Å². The Morgan fingerprint density at radius 1 is 1.45 bits per heavy atom. The number of aromatic nitrogens is 1. The van der Waals surface area contributed by atoms with E-state index in [2.05, 4.69) is 35.4 Å². The zero-order valence-electron chi connectivity index (χ0n) is 11.8. The molecule has 4 nitrogen and oxygen atoms in total. The summed E-state index contributed by atoms with van der Waals surface area (Å²) in [6.45, 7) is 6.06. The molecule has 1 heterocycles. The van der Waals surface area contributed by atoms with Crippen LogP contribution >= 0.6 is 11.3 Å². The monoisotopic (exact) mass is 290 g/mol. The summed E-state index contributed by atoms with van der Waals surface area (Å²) >= 11 is 1.43. The Morgan fingerprint density at radius 2 is 2.20 bits per heavy atom. The molecule has 106 valence electrons. The normalized spacial score (nSPS) is 11.3. The van der Waals surface area contributed by atoms with Crippen molar-refractivity contribution in [2.24, 2.45) is 0 Å². The molecule has 0 atom stereocenters. The van der Waals surface area contributed by atoms with Gasteiger partial charge in [0.05, 0.1) is 5.69 Å². The lowest BCUT2D eigenvalue weighted by Gasteiger charge is -2.15. The van der Waals surface area contributed by atoms with Gasteiger partial charge in [0.25, 0.3) is 0 Å². The minimum atomic E-state index is -0.959. The van der Waals surface area contributed by atoms with E-state index in [1.807, 2.05) is 6.07 Å². The van der Waals surface area contributed by atoms with Crippen molar-refractivity contribution in [3.8, 4) is 0 Å². The van der Waals surface area contributed by atoms with Gasteiger partial charge in [-0.2, -0.15) is 0 Å². The summed E-state index contributed by atoms with van der Waals surface area (Å²) in [6.07, 6.45) is 0. The molecule has 0 spiro atoms. The first-order chi connectivity index (χ1) is 9.39. The van der Waals surface area contributed by atoms with Crippen LogP contribution in [0, 0.1) is 6.92 Å². The van der Waals surface area contributed by atoms with Crippen LogP contribution in [0.5, 0.6) is 0 Å². The predicted octanol–water partition coefficient (Wildman–Crippen LogP) is 3.43. The van der Waals surface area contributed by atoms with Gasteiger partial charge in [0.2, 0.25) is 0 Å². The van der Waals surface area contributed by atoms with E-state index < -0.39 is 11.4 Å². The van der Waals surface area contributed by atoms with Gasteiger partial charge in [-0.25, -0.2) is 4.98 Å². The lowest BCUT2D eigenvalue weighted by Crippen LogP contribution is -2.28. The number of carbonyl (C=O) groups is 1. The number of carboxylic acid groups (broad SMARTS) is 1. The molecule has 0 bridgehead atoms. The molecule has 0 radical (unpaired) electrons. The van der Waals surface area contributed by atoms with E-state index in [9.17, 15) is 9.90 Å². The second-order valence-corrected chi connectivity index (χ2v) is 6.17. The van der Waals surface area contributed by atoms with Crippen molar-refractivity contribution in [2.75, 3.05) is 5.32 Å². The highest BCUT2D eigenvalue weighted by Gasteiger charge is 2.32. The number of aryl methyl sites for hydroxylation is 1. The van der Waals surface area contributed by atoms with Crippen LogP contribution in [0.2, 0.25) is 0 Å². The van der Waals surface area contributed by atoms with E-state index in [0.717, 1.165) is 5.13 Å². The Balaban J connectivity index is 2.05. The number of hydrogen-bond acceptors (Lipinski definition) is 4. The molecule has 0 unspecified atom stereocenters. The van der Waals surface area contributed by atoms with Gasteiger partial charge in [-0.05, 0) is 26.3 Å². The molecule has 5 heteroatoms. The summed E-state index contributed by atoms with van der Waals surface area (Å²) in [5, 5.41) is 15.0. The van der Waals surface area contributed by atoms with E-state index >= 15 is 0 Å². The number of nitrogens with one attached hydrogen (secondary N) is 1. The lowest BCUT2D eigenvalue weighted by molar-refractivity contribution is -0.142. The third-order valence-electron chi connectivity index (χ3n) is 3.21. The Bertz CT molecular complexity index is 620. The first-order valence-electron chi connectivity index (χ1n) is 6.38. The highest BCUT2D eigenvalue weighted by Crippen LogP contribution is 2.27. The van der Waals surface area contributed by atoms with Crippen LogP contribution in [-0.2, 0) is 16.8 Å². The SMILES string of the molecule is Cc1cccc(CNc2nc(C(C)(C)C(=O)O)cs2)c1. The molecule has 0 aliphatic carbocycles. The van der Waals surface area contributed by atoms with Crippen LogP contribution in [0.3, 0.4) is 0 Å².